The van der Waals surface area contributed by atoms with Crippen molar-refractivity contribution in [1.29, 1.82) is 0 Å². The summed E-state index contributed by atoms with van der Waals surface area (Å²) >= 11 is 0. The Morgan fingerprint density at radius 3 is 2.30 bits per heavy atom. The Labute approximate surface area is 278 Å². The summed E-state index contributed by atoms with van der Waals surface area (Å²) < 4.78 is 5.39. The molecule has 1 saturated heterocycles. The highest BCUT2D eigenvalue weighted by Crippen LogP contribution is 2.36. The number of ether oxygens (including phenoxy) is 1. The van der Waals surface area contributed by atoms with Crippen LogP contribution in [0.5, 0.6) is 0 Å². The number of nitrogens with one attached hydrogen (secondary N) is 3. The lowest BCUT2D eigenvalue weighted by atomic mass is 9.74. The molecule has 0 spiro atoms. The van der Waals surface area contributed by atoms with Crippen molar-refractivity contribution in [3.63, 3.8) is 0 Å². The van der Waals surface area contributed by atoms with Crippen LogP contribution < -0.4 is 10.6 Å². The quantitative estimate of drug-likeness (QED) is 0.282. The molecule has 2 atom stereocenters. The van der Waals surface area contributed by atoms with E-state index in [2.05, 4.69) is 15.6 Å². The molecule has 1 aliphatic heterocycles. The first-order valence-corrected chi connectivity index (χ1v) is 16.2. The minimum atomic E-state index is -1.38. The van der Waals surface area contributed by atoms with E-state index in [-0.39, 0.29) is 24.8 Å². The number of rotatable bonds is 10. The maximum atomic E-state index is 14.6. The molecular weight excluding hydrogens is 596 g/mol. The Bertz CT molecular complexity index is 1580. The van der Waals surface area contributed by atoms with Crippen LogP contribution in [0, 0.1) is 5.41 Å². The highest BCUT2D eigenvalue weighted by atomic mass is 16.6. The fourth-order valence-electron chi connectivity index (χ4n) is 6.12. The van der Waals surface area contributed by atoms with Gasteiger partial charge in [0.15, 0.2) is 0 Å². The van der Waals surface area contributed by atoms with Crippen LogP contribution in [0.4, 0.5) is 4.79 Å². The predicted molar refractivity (Wildman–Crippen MR) is 182 cm³/mol. The summed E-state index contributed by atoms with van der Waals surface area (Å²) in [6, 6.07) is 16.7. The fraction of sp³-hybridized carbons (Fsp3) is 0.500. The van der Waals surface area contributed by atoms with Crippen molar-refractivity contribution in [2.45, 2.75) is 77.5 Å². The third-order valence-electron chi connectivity index (χ3n) is 8.70. The molecule has 0 radical (unpaired) electrons. The molecular formula is C36H50N6O5. The molecule has 2 aromatic carbocycles. The van der Waals surface area contributed by atoms with Crippen molar-refractivity contribution in [1.82, 2.24) is 30.5 Å². The summed E-state index contributed by atoms with van der Waals surface area (Å²) in [4.78, 5) is 60.0. The number of aromatic amines is 1. The van der Waals surface area contributed by atoms with E-state index in [9.17, 15) is 19.2 Å². The van der Waals surface area contributed by atoms with Crippen LogP contribution in [0.3, 0.4) is 0 Å². The van der Waals surface area contributed by atoms with E-state index in [0.717, 1.165) is 22.0 Å². The Balaban J connectivity index is 1.65. The van der Waals surface area contributed by atoms with E-state index in [0.29, 0.717) is 25.8 Å². The molecule has 0 bridgehead atoms. The first-order chi connectivity index (χ1) is 22.0. The summed E-state index contributed by atoms with van der Waals surface area (Å²) in [5.74, 6) is -0.879. The van der Waals surface area contributed by atoms with Crippen LogP contribution >= 0.6 is 0 Å². The average Bonchev–Trinajstić information content (AvgIpc) is 3.41. The van der Waals surface area contributed by atoms with Gasteiger partial charge in [-0.25, -0.2) is 9.80 Å². The van der Waals surface area contributed by atoms with Crippen molar-refractivity contribution >= 4 is 34.7 Å². The number of hydrogen-bond acceptors (Lipinski definition) is 6. The topological polar surface area (TPSA) is 127 Å². The van der Waals surface area contributed by atoms with Gasteiger partial charge in [0.25, 0.3) is 0 Å². The van der Waals surface area contributed by atoms with Crippen molar-refractivity contribution < 1.29 is 23.9 Å². The van der Waals surface area contributed by atoms with Crippen molar-refractivity contribution in [3.05, 3.63) is 71.9 Å². The minimum Gasteiger partial charge on any atom is -0.444 e. The normalized spacial score (nSPS) is 17.7. The second-order valence-electron chi connectivity index (χ2n) is 14.3. The van der Waals surface area contributed by atoms with Crippen LogP contribution in [-0.4, -0.2) is 95.1 Å². The van der Waals surface area contributed by atoms with Gasteiger partial charge in [-0.05, 0) is 71.1 Å². The SMILES string of the molecule is CN(C)N(C)C(=O)[C@@]1(Cc2ccccc2)CCCN(C(=O)C(Cc2c[nH]c3ccccc23)NC(=O)C(C)(C)NC(=O)OC(C)(C)C)C1. The van der Waals surface area contributed by atoms with Gasteiger partial charge in [0.05, 0.1) is 5.41 Å². The summed E-state index contributed by atoms with van der Waals surface area (Å²) in [5.41, 5.74) is -0.188. The molecule has 3 aromatic rings. The lowest BCUT2D eigenvalue weighted by molar-refractivity contribution is -0.159. The first-order valence-electron chi connectivity index (χ1n) is 16.2. The fourth-order valence-corrected chi connectivity index (χ4v) is 6.12. The highest BCUT2D eigenvalue weighted by molar-refractivity contribution is 5.95. The van der Waals surface area contributed by atoms with E-state index >= 15 is 0 Å². The monoisotopic (exact) mass is 646 g/mol. The second kappa shape index (κ2) is 14.2. The van der Waals surface area contributed by atoms with E-state index in [1.165, 1.54) is 0 Å². The molecule has 0 aliphatic carbocycles. The zero-order valence-corrected chi connectivity index (χ0v) is 29.0. The zero-order chi connectivity index (χ0) is 34.6. The third kappa shape index (κ3) is 8.71. The van der Waals surface area contributed by atoms with Crippen molar-refractivity contribution in [2.24, 2.45) is 5.41 Å². The predicted octanol–water partition coefficient (Wildman–Crippen LogP) is 4.29. The number of fused-ring (bicyclic) bond motifs is 1. The number of likely N-dealkylation sites (tertiary alicyclic amines) is 1. The van der Waals surface area contributed by atoms with E-state index in [1.807, 2.05) is 74.9 Å². The maximum absolute atomic E-state index is 14.6. The Hall–Kier alpha value is -4.38. The van der Waals surface area contributed by atoms with E-state index in [4.69, 9.17) is 4.74 Å². The van der Waals surface area contributed by atoms with Crippen LogP contribution in [0.2, 0.25) is 0 Å². The van der Waals surface area contributed by atoms with Crippen LogP contribution in [0.1, 0.15) is 58.6 Å². The molecule has 0 saturated carbocycles. The van der Waals surface area contributed by atoms with Gasteiger partial charge >= 0.3 is 6.09 Å². The Morgan fingerprint density at radius 2 is 1.64 bits per heavy atom. The largest absolute Gasteiger partial charge is 0.444 e. The van der Waals surface area contributed by atoms with Gasteiger partial charge in [0, 0.05) is 57.8 Å². The first kappa shape index (κ1) is 35.5. The number of hydrazine groups is 1. The molecule has 1 aromatic heterocycles. The number of alkyl carbamates (subject to hydrolysis) is 1. The van der Waals surface area contributed by atoms with Gasteiger partial charge in [0.1, 0.15) is 17.2 Å². The summed E-state index contributed by atoms with van der Waals surface area (Å²) in [6.07, 6.45) is 3.06. The van der Waals surface area contributed by atoms with Gasteiger partial charge in [0.2, 0.25) is 17.7 Å². The number of piperidine rings is 1. The molecule has 2 heterocycles. The molecule has 4 rings (SSSR count). The molecule has 3 N–H and O–H groups in total. The van der Waals surface area contributed by atoms with Crippen molar-refractivity contribution in [3.8, 4) is 0 Å². The number of carbonyl (C=O) groups excluding carboxylic acids is 4. The van der Waals surface area contributed by atoms with Gasteiger partial charge in [-0.15, -0.1) is 0 Å². The van der Waals surface area contributed by atoms with E-state index < -0.39 is 34.6 Å². The average molecular weight is 647 g/mol. The number of nitrogens with zero attached hydrogens (tertiary/aromatic N) is 3. The maximum Gasteiger partial charge on any atom is 0.408 e. The van der Waals surface area contributed by atoms with Gasteiger partial charge < -0.3 is 25.3 Å². The summed E-state index contributed by atoms with van der Waals surface area (Å²) in [7, 11) is 5.38. The Morgan fingerprint density at radius 1 is 0.979 bits per heavy atom. The molecule has 47 heavy (non-hydrogen) atoms. The summed E-state index contributed by atoms with van der Waals surface area (Å²) in [6.45, 7) is 9.03. The number of amides is 4. The Kier molecular flexibility index (Phi) is 10.7. The van der Waals surface area contributed by atoms with Crippen LogP contribution in [0.25, 0.3) is 10.9 Å². The standard InChI is InChI=1S/C36H50N6O5/c1-34(2,3)47-33(46)39-35(4,5)31(44)38-29(21-26-23-37-28-18-13-12-17-27(26)28)30(43)42-20-14-19-36(24-42,32(45)41(8)40(6)7)22-25-15-10-9-11-16-25/h9-13,15-18,23,29,37H,14,19-22,24H2,1-8H3,(H,38,44)(H,39,46)/t29?,36-/m1/s1. The number of benzene rings is 2. The van der Waals surface area contributed by atoms with E-state index in [1.54, 1.807) is 56.6 Å². The molecule has 1 unspecified atom stereocenters. The van der Waals surface area contributed by atoms with Crippen molar-refractivity contribution in [2.75, 3.05) is 34.2 Å². The van der Waals surface area contributed by atoms with Gasteiger partial charge in [-0.3, -0.25) is 19.4 Å². The minimum absolute atomic E-state index is 0.0660. The third-order valence-corrected chi connectivity index (χ3v) is 8.70. The summed E-state index contributed by atoms with van der Waals surface area (Å²) in [5, 5.41) is 9.90. The lowest BCUT2D eigenvalue weighted by Gasteiger charge is -2.45. The number of para-hydroxylation sites is 1. The number of aromatic nitrogens is 1. The number of hydrogen-bond donors (Lipinski definition) is 3. The smallest absolute Gasteiger partial charge is 0.408 e. The highest BCUT2D eigenvalue weighted by Gasteiger charge is 2.46. The molecule has 254 valence electrons. The molecule has 11 heteroatoms. The van der Waals surface area contributed by atoms with Gasteiger partial charge in [-0.1, -0.05) is 48.5 Å². The van der Waals surface area contributed by atoms with Crippen LogP contribution in [-0.2, 0) is 32.0 Å². The van der Waals surface area contributed by atoms with Gasteiger partial charge in [-0.2, -0.15) is 0 Å². The molecule has 1 aliphatic rings. The van der Waals surface area contributed by atoms with Crippen LogP contribution in [0.15, 0.2) is 60.8 Å². The number of H-pyrrole nitrogens is 1. The second-order valence-corrected chi connectivity index (χ2v) is 14.3. The molecule has 1 fully saturated rings. The molecule has 11 nitrogen and oxygen atoms in total. The number of carbonyl (C=O) groups is 4. The molecule has 4 amide bonds. The lowest BCUT2D eigenvalue weighted by Crippen LogP contribution is -2.62. The zero-order valence-electron chi connectivity index (χ0n) is 29.0.